The summed E-state index contributed by atoms with van der Waals surface area (Å²) >= 11 is 6.63. The van der Waals surface area contributed by atoms with Crippen molar-refractivity contribution in [3.05, 3.63) is 50.8 Å². The third-order valence-electron chi connectivity index (χ3n) is 5.41. The molecule has 1 atom stereocenters. The molecule has 2 aromatic heterocycles. The van der Waals surface area contributed by atoms with Crippen LogP contribution in [-0.4, -0.2) is 51.4 Å². The molecule has 0 aliphatic carbocycles. The van der Waals surface area contributed by atoms with Crippen LogP contribution in [-0.2, 0) is 11.2 Å². The van der Waals surface area contributed by atoms with Gasteiger partial charge in [-0.25, -0.2) is 0 Å². The molecule has 1 aliphatic rings. The van der Waals surface area contributed by atoms with Crippen LogP contribution in [0.1, 0.15) is 35.8 Å². The maximum atomic E-state index is 12.9. The zero-order valence-electron chi connectivity index (χ0n) is 17.9. The molecule has 32 heavy (non-hydrogen) atoms. The first-order valence-corrected chi connectivity index (χ1v) is 10.5. The van der Waals surface area contributed by atoms with Crippen LogP contribution in [0, 0.1) is 5.92 Å². The van der Waals surface area contributed by atoms with Gasteiger partial charge in [-0.3, -0.25) is 14.9 Å². The Balaban J connectivity index is 1.77. The van der Waals surface area contributed by atoms with E-state index in [9.17, 15) is 9.59 Å². The predicted octanol–water partition coefficient (Wildman–Crippen LogP) is 2.71. The molecule has 0 radical (unpaired) electrons. The van der Waals surface area contributed by atoms with Crippen molar-refractivity contribution in [2.45, 2.75) is 26.3 Å². The highest BCUT2D eigenvalue weighted by atomic mass is 35.5. The number of amides is 1. The largest absolute Gasteiger partial charge is 0.491 e. The van der Waals surface area contributed by atoms with Crippen LogP contribution in [0.3, 0.4) is 0 Å². The number of ether oxygens (including phenoxy) is 2. The number of aromatic amines is 1. The zero-order valence-corrected chi connectivity index (χ0v) is 18.6. The summed E-state index contributed by atoms with van der Waals surface area (Å²) in [5.74, 6) is 0.273. The van der Waals surface area contributed by atoms with Gasteiger partial charge in [0.2, 0.25) is 0 Å². The predicted molar refractivity (Wildman–Crippen MR) is 118 cm³/mol. The topological polar surface area (TPSA) is 124 Å². The van der Waals surface area contributed by atoms with E-state index in [1.54, 1.807) is 19.4 Å². The number of fused-ring (bicyclic) bond motifs is 3. The zero-order chi connectivity index (χ0) is 22.8. The summed E-state index contributed by atoms with van der Waals surface area (Å²) in [6.45, 7) is 5.07. The Morgan fingerprint density at radius 1 is 1.34 bits per heavy atom. The van der Waals surface area contributed by atoms with Crippen molar-refractivity contribution in [1.29, 1.82) is 0 Å². The summed E-state index contributed by atoms with van der Waals surface area (Å²) in [4.78, 5) is 25.6. The van der Waals surface area contributed by atoms with Crippen molar-refractivity contribution in [1.82, 2.24) is 25.2 Å². The number of hydrogen-bond acceptors (Lipinski definition) is 7. The highest BCUT2D eigenvalue weighted by Gasteiger charge is 2.30. The molecular formula is C21H23ClN6O4. The first kappa shape index (κ1) is 22.0. The van der Waals surface area contributed by atoms with E-state index in [1.165, 1.54) is 6.07 Å². The van der Waals surface area contributed by atoms with Gasteiger partial charge in [-0.1, -0.05) is 30.5 Å². The number of rotatable bonds is 7. The third kappa shape index (κ3) is 4.23. The van der Waals surface area contributed by atoms with Gasteiger partial charge in [-0.2, -0.15) is 5.21 Å². The second-order valence-electron chi connectivity index (χ2n) is 7.83. The number of benzene rings is 1. The molecule has 0 fully saturated rings. The average molecular weight is 459 g/mol. The lowest BCUT2D eigenvalue weighted by atomic mass is 9.87. The van der Waals surface area contributed by atoms with Crippen molar-refractivity contribution >= 4 is 23.5 Å². The summed E-state index contributed by atoms with van der Waals surface area (Å²) < 4.78 is 12.7. The maximum absolute atomic E-state index is 12.9. The van der Waals surface area contributed by atoms with E-state index in [1.807, 2.05) is 10.6 Å². The lowest BCUT2D eigenvalue weighted by Gasteiger charge is -2.34. The Hall–Kier alpha value is -3.24. The SMILES string of the molecule is COCCOc1cc(Cl)c2c(c1)CC(C(C)C)n1cc(C(=O)Nc3nn[nH]n3)c(=O)cc1-2. The molecule has 4 rings (SSSR count). The van der Waals surface area contributed by atoms with E-state index in [2.05, 4.69) is 39.8 Å². The van der Waals surface area contributed by atoms with Crippen molar-refractivity contribution in [3.8, 4) is 17.0 Å². The lowest BCUT2D eigenvalue weighted by Crippen LogP contribution is -2.30. The summed E-state index contributed by atoms with van der Waals surface area (Å²) in [6.07, 6.45) is 2.26. The van der Waals surface area contributed by atoms with Gasteiger partial charge in [-0.05, 0) is 35.2 Å². The molecule has 0 bridgehead atoms. The highest BCUT2D eigenvalue weighted by molar-refractivity contribution is 6.33. The molecule has 3 aromatic rings. The first-order chi connectivity index (χ1) is 15.4. The molecule has 11 heteroatoms. The van der Waals surface area contributed by atoms with Gasteiger partial charge in [0, 0.05) is 31.0 Å². The number of carbonyl (C=O) groups excluding carboxylic acids is 1. The Morgan fingerprint density at radius 2 is 2.16 bits per heavy atom. The number of pyridine rings is 1. The molecule has 10 nitrogen and oxygen atoms in total. The Labute approximate surface area is 188 Å². The average Bonchev–Trinajstić information content (AvgIpc) is 3.25. The van der Waals surface area contributed by atoms with Crippen LogP contribution in [0.5, 0.6) is 5.75 Å². The lowest BCUT2D eigenvalue weighted by molar-refractivity contribution is 0.102. The van der Waals surface area contributed by atoms with Gasteiger partial charge < -0.3 is 14.0 Å². The molecular weight excluding hydrogens is 436 g/mol. The van der Waals surface area contributed by atoms with E-state index < -0.39 is 11.3 Å². The summed E-state index contributed by atoms with van der Waals surface area (Å²) in [7, 11) is 1.61. The second kappa shape index (κ2) is 9.09. The monoisotopic (exact) mass is 458 g/mol. The molecule has 3 heterocycles. The van der Waals surface area contributed by atoms with Crippen molar-refractivity contribution in [3.63, 3.8) is 0 Å². The minimum Gasteiger partial charge on any atom is -0.491 e. The molecule has 1 amide bonds. The molecule has 1 aliphatic heterocycles. The van der Waals surface area contributed by atoms with Crippen LogP contribution in [0.4, 0.5) is 5.95 Å². The third-order valence-corrected chi connectivity index (χ3v) is 5.71. The Bertz CT molecular complexity index is 1190. The normalized spacial score (nSPS) is 14.7. The van der Waals surface area contributed by atoms with E-state index in [0.717, 1.165) is 11.1 Å². The highest BCUT2D eigenvalue weighted by Crippen LogP contribution is 2.42. The fraction of sp³-hybridized carbons (Fsp3) is 0.381. The summed E-state index contributed by atoms with van der Waals surface area (Å²) in [5, 5.41) is 16.0. The van der Waals surface area contributed by atoms with Gasteiger partial charge in [0.1, 0.15) is 17.9 Å². The van der Waals surface area contributed by atoms with E-state index >= 15 is 0 Å². The Morgan fingerprint density at radius 3 is 2.84 bits per heavy atom. The fourth-order valence-electron chi connectivity index (χ4n) is 3.87. The second-order valence-corrected chi connectivity index (χ2v) is 8.24. The standard InChI is InChI=1S/C21H23ClN6O4/c1-11(2)16-7-12-6-13(32-5-4-31-3)8-15(22)19(12)17-9-18(29)14(10-28(16)17)20(30)23-21-24-26-27-25-21/h6,8-11,16H,4-5,7H2,1-3H3,(H2,23,24,25,26,27,30). The van der Waals surface area contributed by atoms with E-state index in [-0.39, 0.29) is 23.5 Å². The number of hydrogen-bond donors (Lipinski definition) is 2. The number of methoxy groups -OCH3 is 1. The van der Waals surface area contributed by atoms with Crippen LogP contribution >= 0.6 is 11.6 Å². The molecule has 168 valence electrons. The van der Waals surface area contributed by atoms with Crippen LogP contribution in [0.2, 0.25) is 5.02 Å². The number of halogens is 1. The number of anilines is 1. The van der Waals surface area contributed by atoms with Gasteiger partial charge in [0.05, 0.1) is 17.3 Å². The van der Waals surface area contributed by atoms with E-state index in [0.29, 0.717) is 36.1 Å². The molecule has 2 N–H and O–H groups in total. The maximum Gasteiger partial charge on any atom is 0.270 e. The number of aromatic nitrogens is 5. The van der Waals surface area contributed by atoms with Crippen LogP contribution in [0.25, 0.3) is 11.3 Å². The minimum atomic E-state index is -0.604. The molecule has 1 aromatic carbocycles. The fourth-order valence-corrected chi connectivity index (χ4v) is 4.19. The van der Waals surface area contributed by atoms with Crippen LogP contribution in [0.15, 0.2) is 29.2 Å². The number of H-pyrrole nitrogens is 1. The van der Waals surface area contributed by atoms with Crippen molar-refractivity contribution < 1.29 is 14.3 Å². The van der Waals surface area contributed by atoms with Crippen molar-refractivity contribution in [2.75, 3.05) is 25.6 Å². The minimum absolute atomic E-state index is 0.00748. The first-order valence-electron chi connectivity index (χ1n) is 10.1. The van der Waals surface area contributed by atoms with Gasteiger partial charge in [0.15, 0.2) is 5.43 Å². The number of nitrogens with one attached hydrogen (secondary N) is 2. The molecule has 0 saturated carbocycles. The molecule has 1 unspecified atom stereocenters. The number of tetrazole rings is 1. The smallest absolute Gasteiger partial charge is 0.270 e. The Kier molecular flexibility index (Phi) is 6.24. The van der Waals surface area contributed by atoms with Gasteiger partial charge >= 0.3 is 0 Å². The van der Waals surface area contributed by atoms with E-state index in [4.69, 9.17) is 21.1 Å². The number of nitrogens with zero attached hydrogens (tertiary/aromatic N) is 4. The summed E-state index contributed by atoms with van der Waals surface area (Å²) in [6, 6.07) is 5.16. The number of carbonyl (C=O) groups is 1. The molecule has 0 saturated heterocycles. The van der Waals surface area contributed by atoms with Crippen LogP contribution < -0.4 is 15.5 Å². The van der Waals surface area contributed by atoms with Crippen molar-refractivity contribution in [2.24, 2.45) is 5.92 Å². The van der Waals surface area contributed by atoms with Gasteiger partial charge in [0.25, 0.3) is 11.9 Å². The molecule has 0 spiro atoms. The van der Waals surface area contributed by atoms with Gasteiger partial charge in [-0.15, -0.1) is 5.10 Å². The quantitative estimate of drug-likeness (QED) is 0.521. The summed E-state index contributed by atoms with van der Waals surface area (Å²) in [5.41, 5.74) is 1.99.